The van der Waals surface area contributed by atoms with Crippen LogP contribution in [-0.4, -0.2) is 4.57 Å². The third-order valence-corrected chi connectivity index (χ3v) is 7.46. The number of furan rings is 1. The molecular formula is C36H17N5O. The van der Waals surface area contributed by atoms with Crippen LogP contribution in [0.25, 0.3) is 60.9 Å². The van der Waals surface area contributed by atoms with Crippen LogP contribution in [0.4, 0.5) is 0 Å². The van der Waals surface area contributed by atoms with E-state index in [1.54, 1.807) is 36.4 Å². The summed E-state index contributed by atoms with van der Waals surface area (Å²) in [5, 5.41) is 42.0. The van der Waals surface area contributed by atoms with Crippen molar-refractivity contribution in [3.8, 4) is 52.2 Å². The van der Waals surface area contributed by atoms with Gasteiger partial charge in [0.25, 0.3) is 0 Å². The van der Waals surface area contributed by atoms with E-state index in [2.05, 4.69) is 34.9 Å². The normalized spacial score (nSPS) is 10.8. The SMILES string of the molecule is N#Cc1cc(C#N)cc(-c2cccc(-c3cc(C#N)cc(C#N)c3)c2-n2c3ccccc3c3c4ccccc4oc32)c1. The number of nitriles is 4. The molecule has 0 amide bonds. The van der Waals surface area contributed by atoms with Crippen molar-refractivity contribution in [2.24, 2.45) is 0 Å². The van der Waals surface area contributed by atoms with E-state index in [9.17, 15) is 21.0 Å². The van der Waals surface area contributed by atoms with E-state index < -0.39 is 0 Å². The monoisotopic (exact) mass is 535 g/mol. The van der Waals surface area contributed by atoms with Crippen LogP contribution in [-0.2, 0) is 0 Å². The van der Waals surface area contributed by atoms with Crippen LogP contribution < -0.4 is 0 Å². The van der Waals surface area contributed by atoms with Gasteiger partial charge in [0.1, 0.15) is 5.58 Å². The number of benzene rings is 5. The van der Waals surface area contributed by atoms with E-state index in [0.29, 0.717) is 39.1 Å². The number of hydrogen-bond acceptors (Lipinski definition) is 5. The topological polar surface area (TPSA) is 113 Å². The van der Waals surface area contributed by atoms with Gasteiger partial charge < -0.3 is 4.42 Å². The fourth-order valence-electron chi connectivity index (χ4n) is 5.74. The molecule has 0 N–H and O–H groups in total. The summed E-state index contributed by atoms with van der Waals surface area (Å²) in [4.78, 5) is 0. The molecule has 0 aliphatic rings. The van der Waals surface area contributed by atoms with Gasteiger partial charge in [0.2, 0.25) is 5.71 Å². The molecule has 5 aromatic carbocycles. The summed E-state index contributed by atoms with van der Waals surface area (Å²) in [5.74, 6) is 0. The first-order valence-electron chi connectivity index (χ1n) is 13.1. The Hall–Kier alpha value is -6.60. The van der Waals surface area contributed by atoms with Crippen molar-refractivity contribution >= 4 is 33.0 Å². The number of aromatic nitrogens is 1. The lowest BCUT2D eigenvalue weighted by molar-refractivity contribution is 0.645. The van der Waals surface area contributed by atoms with E-state index in [1.807, 2.05) is 60.7 Å². The molecule has 192 valence electrons. The molecule has 6 nitrogen and oxygen atoms in total. The van der Waals surface area contributed by atoms with Gasteiger partial charge in [-0.05, 0) is 59.7 Å². The molecule has 0 saturated heterocycles. The molecule has 42 heavy (non-hydrogen) atoms. The Morgan fingerprint density at radius 3 is 1.57 bits per heavy atom. The molecule has 7 aromatic rings. The Balaban J connectivity index is 1.69. The Morgan fingerprint density at radius 2 is 1.02 bits per heavy atom. The molecule has 6 heteroatoms. The highest BCUT2D eigenvalue weighted by molar-refractivity contribution is 6.20. The number of fused-ring (bicyclic) bond motifs is 5. The summed E-state index contributed by atoms with van der Waals surface area (Å²) in [5.41, 5.74) is 7.36. The van der Waals surface area contributed by atoms with Crippen molar-refractivity contribution in [2.45, 2.75) is 0 Å². The van der Waals surface area contributed by atoms with Gasteiger partial charge in [-0.2, -0.15) is 21.0 Å². The molecule has 2 heterocycles. The number of nitrogens with zero attached hydrogens (tertiary/aromatic N) is 5. The van der Waals surface area contributed by atoms with Crippen LogP contribution in [0, 0.1) is 45.3 Å². The first-order chi connectivity index (χ1) is 20.6. The minimum atomic E-state index is 0.366. The first kappa shape index (κ1) is 24.4. The second-order valence-corrected chi connectivity index (χ2v) is 9.88. The molecule has 2 aromatic heterocycles. The molecule has 0 unspecified atom stereocenters. The Bertz CT molecular complexity index is 2260. The summed E-state index contributed by atoms with van der Waals surface area (Å²) in [6, 6.07) is 40.6. The summed E-state index contributed by atoms with van der Waals surface area (Å²) < 4.78 is 8.60. The molecule has 0 bridgehead atoms. The highest BCUT2D eigenvalue weighted by Crippen LogP contribution is 2.44. The lowest BCUT2D eigenvalue weighted by Crippen LogP contribution is -2.01. The van der Waals surface area contributed by atoms with Crippen molar-refractivity contribution in [3.63, 3.8) is 0 Å². The maximum absolute atomic E-state index is 9.75. The third kappa shape index (κ3) is 3.70. The molecule has 0 spiro atoms. The van der Waals surface area contributed by atoms with Gasteiger partial charge >= 0.3 is 0 Å². The predicted molar refractivity (Wildman–Crippen MR) is 160 cm³/mol. The smallest absolute Gasteiger partial charge is 0.213 e. The van der Waals surface area contributed by atoms with Crippen LogP contribution in [0.2, 0.25) is 0 Å². The van der Waals surface area contributed by atoms with E-state index in [1.165, 1.54) is 0 Å². The van der Waals surface area contributed by atoms with Gasteiger partial charge in [-0.3, -0.25) is 4.57 Å². The van der Waals surface area contributed by atoms with E-state index in [4.69, 9.17) is 4.42 Å². The maximum atomic E-state index is 9.75. The Morgan fingerprint density at radius 1 is 0.524 bits per heavy atom. The lowest BCUT2D eigenvalue weighted by atomic mass is 9.92. The van der Waals surface area contributed by atoms with Crippen LogP contribution in [0.3, 0.4) is 0 Å². The number of para-hydroxylation sites is 3. The summed E-state index contributed by atoms with van der Waals surface area (Å²) in [6.07, 6.45) is 0. The van der Waals surface area contributed by atoms with E-state index >= 15 is 0 Å². The standard InChI is InChI=1S/C36H17N5O/c37-18-22-12-23(19-38)15-26(14-22)28-8-5-9-29(27-16-24(20-39)13-25(17-27)21-40)35(28)41-32-10-3-1-6-30(32)34-31-7-2-4-11-33(31)42-36(34)41/h1-17H. The second kappa shape index (κ2) is 9.55. The average Bonchev–Trinajstić information content (AvgIpc) is 3.58. The highest BCUT2D eigenvalue weighted by atomic mass is 16.3. The quantitative estimate of drug-likeness (QED) is 0.226. The van der Waals surface area contributed by atoms with Gasteiger partial charge in [-0.1, -0.05) is 54.6 Å². The minimum Gasteiger partial charge on any atom is -0.439 e. The highest BCUT2D eigenvalue weighted by Gasteiger charge is 2.24. The molecule has 0 fully saturated rings. The first-order valence-corrected chi connectivity index (χ1v) is 13.1. The van der Waals surface area contributed by atoms with Crippen LogP contribution in [0.5, 0.6) is 0 Å². The molecular weight excluding hydrogens is 518 g/mol. The van der Waals surface area contributed by atoms with Crippen LogP contribution in [0.1, 0.15) is 22.3 Å². The zero-order valence-electron chi connectivity index (χ0n) is 22.0. The maximum Gasteiger partial charge on any atom is 0.213 e. The summed E-state index contributed by atoms with van der Waals surface area (Å²) >= 11 is 0. The Kier molecular flexibility index (Phi) is 5.56. The summed E-state index contributed by atoms with van der Waals surface area (Å²) in [6.45, 7) is 0. The average molecular weight is 536 g/mol. The number of rotatable bonds is 3. The fourth-order valence-corrected chi connectivity index (χ4v) is 5.74. The number of hydrogen-bond donors (Lipinski definition) is 0. The largest absolute Gasteiger partial charge is 0.439 e. The van der Waals surface area contributed by atoms with Crippen LogP contribution in [0.15, 0.2) is 108 Å². The molecule has 0 radical (unpaired) electrons. The molecule has 0 saturated carbocycles. The second-order valence-electron chi connectivity index (χ2n) is 9.88. The Labute approximate surface area is 240 Å². The fraction of sp³-hybridized carbons (Fsp3) is 0. The third-order valence-electron chi connectivity index (χ3n) is 7.46. The van der Waals surface area contributed by atoms with Gasteiger partial charge in [-0.25, -0.2) is 0 Å². The lowest BCUT2D eigenvalue weighted by Gasteiger charge is -2.19. The molecule has 0 atom stereocenters. The molecule has 7 rings (SSSR count). The zero-order chi connectivity index (χ0) is 28.8. The van der Waals surface area contributed by atoms with Gasteiger partial charge in [0.15, 0.2) is 0 Å². The van der Waals surface area contributed by atoms with Crippen molar-refractivity contribution in [3.05, 3.63) is 125 Å². The molecule has 0 aliphatic heterocycles. The minimum absolute atomic E-state index is 0.366. The predicted octanol–water partition coefficient (Wildman–Crippen LogP) is 8.35. The summed E-state index contributed by atoms with van der Waals surface area (Å²) in [7, 11) is 0. The van der Waals surface area contributed by atoms with Gasteiger partial charge in [-0.15, -0.1) is 0 Å². The van der Waals surface area contributed by atoms with Crippen molar-refractivity contribution < 1.29 is 4.42 Å². The van der Waals surface area contributed by atoms with Gasteiger partial charge in [0.05, 0.1) is 63.1 Å². The molecule has 0 aliphatic carbocycles. The van der Waals surface area contributed by atoms with Crippen LogP contribution >= 0.6 is 0 Å². The van der Waals surface area contributed by atoms with E-state index in [0.717, 1.165) is 44.1 Å². The zero-order valence-corrected chi connectivity index (χ0v) is 22.0. The van der Waals surface area contributed by atoms with Gasteiger partial charge in [0, 0.05) is 21.9 Å². The van der Waals surface area contributed by atoms with Crippen molar-refractivity contribution in [1.82, 2.24) is 4.57 Å². The van der Waals surface area contributed by atoms with Crippen molar-refractivity contribution in [1.29, 1.82) is 21.0 Å². The van der Waals surface area contributed by atoms with Crippen molar-refractivity contribution in [2.75, 3.05) is 0 Å². The van der Waals surface area contributed by atoms with E-state index in [-0.39, 0.29) is 0 Å².